The normalized spacial score (nSPS) is 13.7. The molecular formula is C19H23N3O. The van der Waals surface area contributed by atoms with Crippen LogP contribution in [0.3, 0.4) is 0 Å². The van der Waals surface area contributed by atoms with Gasteiger partial charge in [-0.15, -0.1) is 0 Å². The van der Waals surface area contributed by atoms with E-state index >= 15 is 0 Å². The summed E-state index contributed by atoms with van der Waals surface area (Å²) in [6.45, 7) is 3.00. The summed E-state index contributed by atoms with van der Waals surface area (Å²) < 4.78 is 0. The molecule has 23 heavy (non-hydrogen) atoms. The van der Waals surface area contributed by atoms with Crippen LogP contribution in [0.4, 0.5) is 10.5 Å². The molecule has 0 unspecified atom stereocenters. The van der Waals surface area contributed by atoms with E-state index in [2.05, 4.69) is 52.7 Å². The van der Waals surface area contributed by atoms with E-state index in [0.29, 0.717) is 0 Å². The second-order valence-electron chi connectivity index (χ2n) is 6.25. The molecule has 0 aromatic heterocycles. The average Bonchev–Trinajstić information content (AvgIpc) is 2.96. The van der Waals surface area contributed by atoms with Crippen molar-refractivity contribution in [3.63, 3.8) is 0 Å². The summed E-state index contributed by atoms with van der Waals surface area (Å²) >= 11 is 0. The molecule has 2 aromatic rings. The van der Waals surface area contributed by atoms with E-state index < -0.39 is 0 Å². The first-order chi connectivity index (χ1) is 11.1. The van der Waals surface area contributed by atoms with Crippen molar-refractivity contribution < 1.29 is 4.79 Å². The van der Waals surface area contributed by atoms with Gasteiger partial charge in [-0.3, -0.25) is 4.90 Å². The first kappa shape index (κ1) is 15.6. The Morgan fingerprint density at radius 3 is 2.57 bits per heavy atom. The minimum atomic E-state index is -0.0936. The minimum Gasteiger partial charge on any atom is -0.331 e. The van der Waals surface area contributed by atoms with Gasteiger partial charge < -0.3 is 10.2 Å². The summed E-state index contributed by atoms with van der Waals surface area (Å²) in [5.41, 5.74) is 4.92. The highest BCUT2D eigenvalue weighted by Crippen LogP contribution is 2.26. The molecule has 1 aliphatic rings. The van der Waals surface area contributed by atoms with Gasteiger partial charge >= 0.3 is 6.03 Å². The van der Waals surface area contributed by atoms with Crippen LogP contribution >= 0.6 is 0 Å². The van der Waals surface area contributed by atoms with E-state index in [1.54, 1.807) is 19.0 Å². The second-order valence-corrected chi connectivity index (χ2v) is 6.25. The smallest absolute Gasteiger partial charge is 0.321 e. The van der Waals surface area contributed by atoms with Crippen molar-refractivity contribution in [3.05, 3.63) is 65.2 Å². The highest BCUT2D eigenvalue weighted by molar-refractivity contribution is 5.89. The number of fused-ring (bicyclic) bond motifs is 1. The Labute approximate surface area is 137 Å². The Morgan fingerprint density at radius 2 is 1.83 bits per heavy atom. The molecule has 0 bridgehead atoms. The molecule has 0 aliphatic carbocycles. The van der Waals surface area contributed by atoms with E-state index in [9.17, 15) is 4.79 Å². The van der Waals surface area contributed by atoms with Crippen LogP contribution < -0.4 is 5.32 Å². The van der Waals surface area contributed by atoms with Gasteiger partial charge in [-0.2, -0.15) is 0 Å². The van der Waals surface area contributed by atoms with Crippen LogP contribution in [0, 0.1) is 0 Å². The zero-order valence-corrected chi connectivity index (χ0v) is 13.7. The number of hydrogen-bond acceptors (Lipinski definition) is 2. The highest BCUT2D eigenvalue weighted by atomic mass is 16.2. The van der Waals surface area contributed by atoms with E-state index in [0.717, 1.165) is 31.7 Å². The lowest BCUT2D eigenvalue weighted by atomic mass is 10.1. The number of amides is 2. The number of benzene rings is 2. The molecule has 1 N–H and O–H groups in total. The van der Waals surface area contributed by atoms with Crippen LogP contribution in [-0.2, 0) is 19.5 Å². The summed E-state index contributed by atoms with van der Waals surface area (Å²) in [5.74, 6) is 0. The minimum absolute atomic E-state index is 0.0936. The average molecular weight is 309 g/mol. The monoisotopic (exact) mass is 309 g/mol. The molecule has 2 aromatic carbocycles. The molecule has 120 valence electrons. The van der Waals surface area contributed by atoms with Crippen LogP contribution in [-0.4, -0.2) is 36.5 Å². The van der Waals surface area contributed by atoms with Crippen LogP contribution in [0.15, 0.2) is 48.5 Å². The second kappa shape index (κ2) is 6.84. The summed E-state index contributed by atoms with van der Waals surface area (Å²) in [7, 11) is 3.49. The maximum atomic E-state index is 11.7. The van der Waals surface area contributed by atoms with Crippen molar-refractivity contribution in [3.8, 4) is 0 Å². The van der Waals surface area contributed by atoms with Crippen LogP contribution in [0.5, 0.6) is 0 Å². The standard InChI is InChI=1S/C19H23N3O/c1-21(2)19(23)20-18-9-8-16-13-22(14-17(16)12-18)11-10-15-6-4-3-5-7-15/h3-9,12H,10-11,13-14H2,1-2H3,(H,20,23). The van der Waals surface area contributed by atoms with Crippen molar-refractivity contribution in [2.75, 3.05) is 26.0 Å². The Morgan fingerprint density at radius 1 is 1.09 bits per heavy atom. The lowest BCUT2D eigenvalue weighted by Gasteiger charge is -2.14. The molecule has 0 radical (unpaired) electrons. The lowest BCUT2D eigenvalue weighted by Crippen LogP contribution is -2.27. The molecule has 1 heterocycles. The molecule has 1 aliphatic heterocycles. The van der Waals surface area contributed by atoms with Gasteiger partial charge in [0.2, 0.25) is 0 Å². The molecular weight excluding hydrogens is 286 g/mol. The zero-order chi connectivity index (χ0) is 16.2. The van der Waals surface area contributed by atoms with Crippen molar-refractivity contribution in [2.45, 2.75) is 19.5 Å². The summed E-state index contributed by atoms with van der Waals surface area (Å²) in [4.78, 5) is 15.7. The SMILES string of the molecule is CN(C)C(=O)Nc1ccc2c(c1)CN(CCc1ccccc1)C2. The highest BCUT2D eigenvalue weighted by Gasteiger charge is 2.19. The number of rotatable bonds is 4. The summed E-state index contributed by atoms with van der Waals surface area (Å²) in [6, 6.07) is 16.7. The third kappa shape index (κ3) is 3.90. The molecule has 0 spiro atoms. The topological polar surface area (TPSA) is 35.6 Å². The van der Waals surface area contributed by atoms with Crippen molar-refractivity contribution >= 4 is 11.7 Å². The molecule has 0 atom stereocenters. The number of carbonyl (C=O) groups excluding carboxylic acids is 1. The Balaban J connectivity index is 1.59. The molecule has 0 saturated heterocycles. The van der Waals surface area contributed by atoms with E-state index in [-0.39, 0.29) is 6.03 Å². The van der Waals surface area contributed by atoms with E-state index in [1.807, 2.05) is 6.07 Å². The number of nitrogens with zero attached hydrogens (tertiary/aromatic N) is 2. The number of anilines is 1. The lowest BCUT2D eigenvalue weighted by molar-refractivity contribution is 0.230. The third-order valence-corrected chi connectivity index (χ3v) is 4.21. The fraction of sp³-hybridized carbons (Fsp3) is 0.316. The van der Waals surface area contributed by atoms with Gasteiger partial charge in [0, 0.05) is 39.4 Å². The predicted molar refractivity (Wildman–Crippen MR) is 93.4 cm³/mol. The molecule has 4 heteroatoms. The molecule has 0 fully saturated rings. The van der Waals surface area contributed by atoms with Crippen molar-refractivity contribution in [2.24, 2.45) is 0 Å². The number of carbonyl (C=O) groups is 1. The van der Waals surface area contributed by atoms with Crippen LogP contribution in [0.2, 0.25) is 0 Å². The van der Waals surface area contributed by atoms with Crippen molar-refractivity contribution in [1.29, 1.82) is 0 Å². The maximum absolute atomic E-state index is 11.7. The van der Waals surface area contributed by atoms with Gasteiger partial charge in [-0.05, 0) is 35.2 Å². The zero-order valence-electron chi connectivity index (χ0n) is 13.7. The summed E-state index contributed by atoms with van der Waals surface area (Å²) in [6.07, 6.45) is 1.07. The van der Waals surface area contributed by atoms with Gasteiger partial charge in [0.05, 0.1) is 0 Å². The maximum Gasteiger partial charge on any atom is 0.321 e. The Hall–Kier alpha value is -2.33. The molecule has 2 amide bonds. The number of hydrogen-bond donors (Lipinski definition) is 1. The number of urea groups is 1. The molecule has 4 nitrogen and oxygen atoms in total. The quantitative estimate of drug-likeness (QED) is 0.940. The van der Waals surface area contributed by atoms with Crippen LogP contribution in [0.1, 0.15) is 16.7 Å². The predicted octanol–water partition coefficient (Wildman–Crippen LogP) is 3.34. The van der Waals surface area contributed by atoms with Gasteiger partial charge in [0.25, 0.3) is 0 Å². The van der Waals surface area contributed by atoms with E-state index in [4.69, 9.17) is 0 Å². The third-order valence-electron chi connectivity index (χ3n) is 4.21. The summed E-state index contributed by atoms with van der Waals surface area (Å²) in [5, 5.41) is 2.91. The van der Waals surface area contributed by atoms with E-state index in [1.165, 1.54) is 16.7 Å². The number of nitrogens with one attached hydrogen (secondary N) is 1. The van der Waals surface area contributed by atoms with Gasteiger partial charge in [0.1, 0.15) is 0 Å². The fourth-order valence-electron chi connectivity index (χ4n) is 2.87. The molecule has 3 rings (SSSR count). The molecule has 0 saturated carbocycles. The first-order valence-electron chi connectivity index (χ1n) is 7.98. The van der Waals surface area contributed by atoms with Crippen LogP contribution in [0.25, 0.3) is 0 Å². The van der Waals surface area contributed by atoms with Gasteiger partial charge in [0.15, 0.2) is 0 Å². The van der Waals surface area contributed by atoms with Gasteiger partial charge in [-0.1, -0.05) is 36.4 Å². The Bertz CT molecular complexity index is 682. The first-order valence-corrected chi connectivity index (χ1v) is 7.98. The Kier molecular flexibility index (Phi) is 4.63. The largest absolute Gasteiger partial charge is 0.331 e. The fourth-order valence-corrected chi connectivity index (χ4v) is 2.87. The van der Waals surface area contributed by atoms with Crippen molar-refractivity contribution in [1.82, 2.24) is 9.80 Å². The van der Waals surface area contributed by atoms with Gasteiger partial charge in [-0.25, -0.2) is 4.79 Å².